The van der Waals surface area contributed by atoms with E-state index in [4.69, 9.17) is 4.74 Å². The van der Waals surface area contributed by atoms with Gasteiger partial charge in [-0.3, -0.25) is 0 Å². The summed E-state index contributed by atoms with van der Waals surface area (Å²) in [5.74, 6) is 1.72. The van der Waals surface area contributed by atoms with E-state index < -0.39 is 5.41 Å². The third-order valence-corrected chi connectivity index (χ3v) is 21.8. The van der Waals surface area contributed by atoms with Crippen LogP contribution in [-0.4, -0.2) is 4.57 Å². The van der Waals surface area contributed by atoms with E-state index in [0.717, 1.165) is 89.9 Å². The Morgan fingerprint density at radius 2 is 0.758 bits per heavy atom. The van der Waals surface area contributed by atoms with Crippen molar-refractivity contribution >= 4 is 60.4 Å². The number of para-hydroxylation sites is 3. The van der Waals surface area contributed by atoms with Gasteiger partial charge >= 0.3 is 0 Å². The second-order valence-corrected chi connectivity index (χ2v) is 27.5. The summed E-state index contributed by atoms with van der Waals surface area (Å²) in [6.45, 7) is 4.74. The van der Waals surface area contributed by atoms with Crippen molar-refractivity contribution in [2.75, 3.05) is 4.90 Å². The van der Waals surface area contributed by atoms with Gasteiger partial charge in [-0.2, -0.15) is 0 Å². The van der Waals surface area contributed by atoms with Gasteiger partial charge < -0.3 is 14.2 Å². The van der Waals surface area contributed by atoms with Crippen LogP contribution in [-0.2, 0) is 10.8 Å². The Kier molecular flexibility index (Phi) is 12.6. The standard InChI is InChI=1S/C96H64N2O/c1-95(2)84-34-12-7-28-77(84)80-50-45-68(59-89(80)95)67-47-52-92(98-90-38-16-10-31-81(90)82-32-11-17-39-91(82)98)83(58-67)63-43-48-72(49-44-63)97(73-26-19-25-65(55-73)66-42-41-61-21-3-4-23-64(61)53-66)74-56-70(54-71(57-74)76-33-20-24-62-22-5-6-27-75(62)76)69-46-51-88-94(60-69)99-93-40-18-15-37-87(93)96(88)85-35-13-8-29-78(85)79-30-9-14-36-86(79)96/h3-60H,1-2H3. The molecule has 464 valence electrons. The summed E-state index contributed by atoms with van der Waals surface area (Å²) in [5.41, 5.74) is 29.9. The Hall–Kier alpha value is -12.6. The lowest BCUT2D eigenvalue weighted by molar-refractivity contribution is 0.436. The van der Waals surface area contributed by atoms with Gasteiger partial charge in [0.2, 0.25) is 0 Å². The Balaban J connectivity index is 0.792. The third kappa shape index (κ3) is 8.70. The van der Waals surface area contributed by atoms with Crippen molar-refractivity contribution < 1.29 is 4.74 Å². The molecular weight excluding hydrogens is 1200 g/mol. The highest BCUT2D eigenvalue weighted by Gasteiger charge is 2.51. The lowest BCUT2D eigenvalue weighted by Crippen LogP contribution is -2.32. The van der Waals surface area contributed by atoms with Gasteiger partial charge in [-0.25, -0.2) is 0 Å². The highest BCUT2D eigenvalue weighted by Crippen LogP contribution is 2.63. The average molecular weight is 1260 g/mol. The fraction of sp³-hybridized carbons (Fsp3) is 0.0417. The van der Waals surface area contributed by atoms with Crippen LogP contribution in [0.2, 0.25) is 0 Å². The first kappa shape index (κ1) is 56.8. The largest absolute Gasteiger partial charge is 0.457 e. The number of nitrogens with zero attached hydrogens (tertiary/aromatic N) is 2. The van der Waals surface area contributed by atoms with Crippen LogP contribution in [0.25, 0.3) is 127 Å². The van der Waals surface area contributed by atoms with Crippen molar-refractivity contribution in [2.24, 2.45) is 0 Å². The number of hydrogen-bond acceptors (Lipinski definition) is 2. The molecule has 0 fully saturated rings. The van der Waals surface area contributed by atoms with E-state index in [1.165, 1.54) is 99.0 Å². The normalized spacial score (nSPS) is 13.4. The maximum atomic E-state index is 7.21. The molecule has 20 rings (SSSR count). The lowest BCUT2D eigenvalue weighted by Gasteiger charge is -2.39. The molecule has 1 spiro atoms. The Morgan fingerprint density at radius 1 is 0.253 bits per heavy atom. The summed E-state index contributed by atoms with van der Waals surface area (Å²) < 4.78 is 9.68. The van der Waals surface area contributed by atoms with Crippen LogP contribution in [0, 0.1) is 0 Å². The van der Waals surface area contributed by atoms with Crippen molar-refractivity contribution in [3.63, 3.8) is 0 Å². The molecule has 2 heterocycles. The molecule has 3 aliphatic rings. The van der Waals surface area contributed by atoms with E-state index in [-0.39, 0.29) is 5.41 Å². The van der Waals surface area contributed by atoms with Crippen LogP contribution in [0.4, 0.5) is 17.1 Å². The van der Waals surface area contributed by atoms with Gasteiger partial charge in [-0.05, 0) is 207 Å². The molecule has 3 heteroatoms. The Bertz CT molecular complexity index is 6100. The van der Waals surface area contributed by atoms with Crippen molar-refractivity contribution in [3.05, 3.63) is 385 Å². The molecule has 0 saturated carbocycles. The van der Waals surface area contributed by atoms with E-state index in [0.29, 0.717) is 0 Å². The minimum atomic E-state index is -0.581. The highest BCUT2D eigenvalue weighted by molar-refractivity contribution is 6.10. The van der Waals surface area contributed by atoms with E-state index >= 15 is 0 Å². The summed E-state index contributed by atoms with van der Waals surface area (Å²) in [5, 5.41) is 7.27. The first-order chi connectivity index (χ1) is 48.8. The van der Waals surface area contributed by atoms with Gasteiger partial charge in [0, 0.05) is 49.9 Å². The molecule has 99 heavy (non-hydrogen) atoms. The number of anilines is 3. The summed E-state index contributed by atoms with van der Waals surface area (Å²) in [6, 6.07) is 131. The zero-order valence-electron chi connectivity index (χ0n) is 54.8. The molecule has 0 atom stereocenters. The summed E-state index contributed by atoms with van der Waals surface area (Å²) in [7, 11) is 0. The van der Waals surface area contributed by atoms with Gasteiger partial charge in [0.05, 0.1) is 22.1 Å². The van der Waals surface area contributed by atoms with Crippen molar-refractivity contribution in [1.29, 1.82) is 0 Å². The summed E-state index contributed by atoms with van der Waals surface area (Å²) >= 11 is 0. The zero-order valence-corrected chi connectivity index (χ0v) is 54.8. The lowest BCUT2D eigenvalue weighted by atomic mass is 9.66. The Labute approximate surface area is 576 Å². The quantitative estimate of drug-likeness (QED) is 0.143. The van der Waals surface area contributed by atoms with Crippen LogP contribution >= 0.6 is 0 Å². The molecule has 1 aliphatic heterocycles. The SMILES string of the molecule is CC1(C)c2ccccc2-c2ccc(-c3ccc(-n4c5ccccc5c5ccccc54)c(-c4ccc(N(c5cccc(-c6ccc7ccccc7c6)c5)c5cc(-c6ccc7c(c6)Oc6ccccc6C76c7ccccc7-c7ccccc76)cc(-c6cccc7ccccc67)c5)cc4)c3)cc21. The van der Waals surface area contributed by atoms with Crippen LogP contribution in [0.5, 0.6) is 11.5 Å². The number of fused-ring (bicyclic) bond motifs is 17. The number of rotatable bonds is 9. The van der Waals surface area contributed by atoms with Crippen molar-refractivity contribution in [2.45, 2.75) is 24.7 Å². The van der Waals surface area contributed by atoms with E-state index in [2.05, 4.69) is 375 Å². The summed E-state index contributed by atoms with van der Waals surface area (Å²) in [4.78, 5) is 2.47. The van der Waals surface area contributed by atoms with E-state index in [1.54, 1.807) is 0 Å². The second kappa shape index (κ2) is 22.0. The van der Waals surface area contributed by atoms with E-state index in [9.17, 15) is 0 Å². The monoisotopic (exact) mass is 1260 g/mol. The molecule has 17 aromatic rings. The minimum absolute atomic E-state index is 0.138. The minimum Gasteiger partial charge on any atom is -0.457 e. The second-order valence-electron chi connectivity index (χ2n) is 27.5. The van der Waals surface area contributed by atoms with Gasteiger partial charge in [-0.15, -0.1) is 0 Å². The fourth-order valence-corrected chi connectivity index (χ4v) is 17.2. The number of aromatic nitrogens is 1. The smallest absolute Gasteiger partial charge is 0.132 e. The molecule has 2 aliphatic carbocycles. The predicted molar refractivity (Wildman–Crippen MR) is 413 cm³/mol. The third-order valence-electron chi connectivity index (χ3n) is 21.8. The van der Waals surface area contributed by atoms with Gasteiger partial charge in [-0.1, -0.05) is 275 Å². The molecule has 1 aromatic heterocycles. The van der Waals surface area contributed by atoms with Crippen LogP contribution in [0.15, 0.2) is 352 Å². The van der Waals surface area contributed by atoms with Gasteiger partial charge in [0.15, 0.2) is 0 Å². The molecule has 0 saturated heterocycles. The summed E-state index contributed by atoms with van der Waals surface area (Å²) in [6.07, 6.45) is 0. The molecule has 16 aromatic carbocycles. The molecule has 0 amide bonds. The molecule has 0 unspecified atom stereocenters. The fourth-order valence-electron chi connectivity index (χ4n) is 17.2. The number of ether oxygens (including phenoxy) is 1. The topological polar surface area (TPSA) is 17.4 Å². The van der Waals surface area contributed by atoms with Crippen molar-refractivity contribution in [1.82, 2.24) is 4.57 Å². The molecule has 0 bridgehead atoms. The molecule has 0 N–H and O–H groups in total. The first-order valence-corrected chi connectivity index (χ1v) is 34.4. The van der Waals surface area contributed by atoms with Crippen molar-refractivity contribution in [3.8, 4) is 95.1 Å². The Morgan fingerprint density at radius 3 is 1.53 bits per heavy atom. The number of hydrogen-bond donors (Lipinski definition) is 0. The maximum absolute atomic E-state index is 7.21. The molecular formula is C96H64N2O. The van der Waals surface area contributed by atoms with Gasteiger partial charge in [0.25, 0.3) is 0 Å². The molecule has 3 nitrogen and oxygen atoms in total. The van der Waals surface area contributed by atoms with Gasteiger partial charge in [0.1, 0.15) is 11.5 Å². The highest BCUT2D eigenvalue weighted by atomic mass is 16.5. The van der Waals surface area contributed by atoms with Crippen LogP contribution < -0.4 is 9.64 Å². The van der Waals surface area contributed by atoms with Crippen LogP contribution in [0.3, 0.4) is 0 Å². The van der Waals surface area contributed by atoms with Crippen LogP contribution in [0.1, 0.15) is 47.2 Å². The maximum Gasteiger partial charge on any atom is 0.132 e. The average Bonchev–Trinajstić information content (AvgIpc) is 1.57. The zero-order chi connectivity index (χ0) is 65.5. The predicted octanol–water partition coefficient (Wildman–Crippen LogP) is 25.7. The first-order valence-electron chi connectivity index (χ1n) is 34.4. The molecule has 0 radical (unpaired) electrons. The number of benzene rings is 16. The van der Waals surface area contributed by atoms with E-state index in [1.807, 2.05) is 0 Å².